The van der Waals surface area contributed by atoms with E-state index in [1.807, 2.05) is 19.1 Å². The van der Waals surface area contributed by atoms with Crippen LogP contribution in [0, 0.1) is 6.92 Å². The summed E-state index contributed by atoms with van der Waals surface area (Å²) >= 11 is 0. The molecule has 0 spiro atoms. The van der Waals surface area contributed by atoms with E-state index in [9.17, 15) is 14.4 Å². The largest absolute Gasteiger partial charge is 0.497 e. The second-order valence-electron chi connectivity index (χ2n) is 6.48. The zero-order chi connectivity index (χ0) is 21.5. The van der Waals surface area contributed by atoms with Crippen molar-refractivity contribution >= 4 is 23.4 Å². The molecule has 152 valence electrons. The molecule has 0 aromatic heterocycles. The number of amides is 3. The Balaban J connectivity index is 1.56. The van der Waals surface area contributed by atoms with Crippen LogP contribution in [0.2, 0.25) is 0 Å². The summed E-state index contributed by atoms with van der Waals surface area (Å²) in [5.74, 6) is -0.524. The molecule has 0 aliphatic carbocycles. The summed E-state index contributed by atoms with van der Waals surface area (Å²) in [5, 5.41) is 2.80. The number of aryl methyl sites for hydroxylation is 1. The van der Waals surface area contributed by atoms with Gasteiger partial charge in [0.15, 0.2) is 0 Å². The van der Waals surface area contributed by atoms with E-state index in [1.54, 1.807) is 60.7 Å². The van der Waals surface area contributed by atoms with Crippen LogP contribution in [0.3, 0.4) is 0 Å². The number of nitrogens with one attached hydrogen (secondary N) is 3. The molecular weight excluding hydrogens is 382 g/mol. The Morgan fingerprint density at radius 1 is 0.700 bits per heavy atom. The minimum Gasteiger partial charge on any atom is -0.497 e. The molecule has 3 amide bonds. The van der Waals surface area contributed by atoms with Crippen LogP contribution in [0.15, 0.2) is 72.8 Å². The van der Waals surface area contributed by atoms with Gasteiger partial charge < -0.3 is 10.1 Å². The highest BCUT2D eigenvalue weighted by Crippen LogP contribution is 2.14. The molecule has 3 N–H and O–H groups in total. The van der Waals surface area contributed by atoms with Crippen LogP contribution in [0.1, 0.15) is 36.6 Å². The Morgan fingerprint density at radius 2 is 1.23 bits per heavy atom. The topological polar surface area (TPSA) is 96.5 Å². The summed E-state index contributed by atoms with van der Waals surface area (Å²) in [6, 6.07) is 20.1. The van der Waals surface area contributed by atoms with Gasteiger partial charge >= 0.3 is 0 Å². The summed E-state index contributed by atoms with van der Waals surface area (Å²) in [7, 11) is 1.54. The lowest BCUT2D eigenvalue weighted by Crippen LogP contribution is -2.41. The van der Waals surface area contributed by atoms with E-state index in [1.165, 1.54) is 7.11 Å². The Hall–Kier alpha value is -4.13. The van der Waals surface area contributed by atoms with Gasteiger partial charge in [0.25, 0.3) is 17.7 Å². The number of carbonyl (C=O) groups is 3. The lowest BCUT2D eigenvalue weighted by Gasteiger charge is -2.10. The van der Waals surface area contributed by atoms with Gasteiger partial charge in [0.1, 0.15) is 5.75 Å². The molecule has 0 saturated heterocycles. The van der Waals surface area contributed by atoms with Gasteiger partial charge in [0.2, 0.25) is 0 Å². The smallest absolute Gasteiger partial charge is 0.269 e. The molecule has 0 bridgehead atoms. The number of hydrazine groups is 1. The maximum Gasteiger partial charge on any atom is 0.269 e. The molecule has 0 aliphatic rings. The zero-order valence-electron chi connectivity index (χ0n) is 16.6. The number of hydrogen-bond acceptors (Lipinski definition) is 4. The Kier molecular flexibility index (Phi) is 6.44. The van der Waals surface area contributed by atoms with Crippen LogP contribution in [0.25, 0.3) is 0 Å². The minimum absolute atomic E-state index is 0.225. The third kappa shape index (κ3) is 5.02. The molecule has 3 aromatic rings. The summed E-state index contributed by atoms with van der Waals surface area (Å²) in [5.41, 5.74) is 7.45. The second kappa shape index (κ2) is 9.38. The number of hydrogen-bond donors (Lipinski definition) is 3. The van der Waals surface area contributed by atoms with Crippen molar-refractivity contribution in [3.63, 3.8) is 0 Å². The average molecular weight is 403 g/mol. The first-order valence-electron chi connectivity index (χ1n) is 9.19. The third-order valence-electron chi connectivity index (χ3n) is 4.44. The number of carbonyl (C=O) groups excluding carboxylic acids is 3. The lowest BCUT2D eigenvalue weighted by molar-refractivity contribution is 0.0846. The maximum atomic E-state index is 12.4. The van der Waals surface area contributed by atoms with E-state index in [0.29, 0.717) is 28.1 Å². The van der Waals surface area contributed by atoms with Crippen molar-refractivity contribution in [2.75, 3.05) is 12.4 Å². The summed E-state index contributed by atoms with van der Waals surface area (Å²) in [6.07, 6.45) is 0. The first kappa shape index (κ1) is 20.6. The van der Waals surface area contributed by atoms with E-state index in [2.05, 4.69) is 16.2 Å². The lowest BCUT2D eigenvalue weighted by atomic mass is 10.1. The fourth-order valence-corrected chi connectivity index (χ4v) is 2.73. The van der Waals surface area contributed by atoms with Crippen molar-refractivity contribution in [2.24, 2.45) is 0 Å². The summed E-state index contributed by atoms with van der Waals surface area (Å²) in [6.45, 7) is 1.86. The van der Waals surface area contributed by atoms with Gasteiger partial charge in [-0.05, 0) is 67.1 Å². The van der Waals surface area contributed by atoms with Gasteiger partial charge in [0.05, 0.1) is 7.11 Å². The van der Waals surface area contributed by atoms with Crippen molar-refractivity contribution in [2.45, 2.75) is 6.92 Å². The molecule has 0 fully saturated rings. The molecule has 7 heteroatoms. The van der Waals surface area contributed by atoms with Crippen LogP contribution < -0.4 is 20.9 Å². The number of ether oxygens (including phenoxy) is 1. The van der Waals surface area contributed by atoms with Crippen molar-refractivity contribution in [3.05, 3.63) is 95.1 Å². The van der Waals surface area contributed by atoms with E-state index in [4.69, 9.17) is 4.74 Å². The predicted octanol–water partition coefficient (Wildman–Crippen LogP) is 3.33. The molecule has 3 rings (SSSR count). The van der Waals surface area contributed by atoms with E-state index in [0.717, 1.165) is 5.56 Å². The number of rotatable bonds is 5. The molecule has 0 unspecified atom stereocenters. The zero-order valence-corrected chi connectivity index (χ0v) is 16.6. The van der Waals surface area contributed by atoms with Crippen LogP contribution in [-0.4, -0.2) is 24.8 Å². The van der Waals surface area contributed by atoms with Gasteiger partial charge in [0, 0.05) is 22.4 Å². The van der Waals surface area contributed by atoms with Crippen LogP contribution >= 0.6 is 0 Å². The fourth-order valence-electron chi connectivity index (χ4n) is 2.73. The Labute approximate surface area is 174 Å². The molecule has 30 heavy (non-hydrogen) atoms. The van der Waals surface area contributed by atoms with E-state index < -0.39 is 11.8 Å². The molecule has 0 aliphatic heterocycles. The van der Waals surface area contributed by atoms with Gasteiger partial charge in [-0.3, -0.25) is 25.2 Å². The monoisotopic (exact) mass is 403 g/mol. The standard InChI is InChI=1S/C23H21N3O4/c1-15-5-3-4-6-20(15)23(29)24-18-11-7-16(8-12-18)21(27)25-26-22(28)17-9-13-19(30-2)14-10-17/h3-14H,1-2H3,(H,24,29)(H,25,27)(H,26,28). The molecule has 7 nitrogen and oxygen atoms in total. The van der Waals surface area contributed by atoms with Crippen molar-refractivity contribution < 1.29 is 19.1 Å². The highest BCUT2D eigenvalue weighted by molar-refractivity contribution is 6.05. The van der Waals surface area contributed by atoms with Crippen LogP contribution in [0.4, 0.5) is 5.69 Å². The van der Waals surface area contributed by atoms with Crippen molar-refractivity contribution in [3.8, 4) is 5.75 Å². The van der Waals surface area contributed by atoms with Crippen molar-refractivity contribution in [1.29, 1.82) is 0 Å². The van der Waals surface area contributed by atoms with Crippen molar-refractivity contribution in [1.82, 2.24) is 10.9 Å². The van der Waals surface area contributed by atoms with Gasteiger partial charge in [-0.15, -0.1) is 0 Å². The summed E-state index contributed by atoms with van der Waals surface area (Å²) in [4.78, 5) is 36.7. The molecule has 0 saturated carbocycles. The number of anilines is 1. The van der Waals surface area contributed by atoms with Gasteiger partial charge in [-0.2, -0.15) is 0 Å². The predicted molar refractivity (Wildman–Crippen MR) is 114 cm³/mol. The second-order valence-corrected chi connectivity index (χ2v) is 6.48. The Morgan fingerprint density at radius 3 is 1.77 bits per heavy atom. The van der Waals surface area contributed by atoms with Gasteiger partial charge in [-0.25, -0.2) is 0 Å². The third-order valence-corrected chi connectivity index (χ3v) is 4.44. The molecular formula is C23H21N3O4. The minimum atomic E-state index is -0.478. The highest BCUT2D eigenvalue weighted by atomic mass is 16.5. The normalized spacial score (nSPS) is 10.1. The van der Waals surface area contributed by atoms with E-state index in [-0.39, 0.29) is 5.91 Å². The Bertz CT molecular complexity index is 1060. The summed E-state index contributed by atoms with van der Waals surface area (Å²) < 4.78 is 5.04. The molecule has 3 aromatic carbocycles. The molecule has 0 heterocycles. The highest BCUT2D eigenvalue weighted by Gasteiger charge is 2.11. The van der Waals surface area contributed by atoms with E-state index >= 15 is 0 Å². The number of methoxy groups -OCH3 is 1. The average Bonchev–Trinajstić information content (AvgIpc) is 2.78. The SMILES string of the molecule is COc1ccc(C(=O)NNC(=O)c2ccc(NC(=O)c3ccccc3C)cc2)cc1. The first-order chi connectivity index (χ1) is 14.5. The maximum absolute atomic E-state index is 12.4. The fraction of sp³-hybridized carbons (Fsp3) is 0.0870. The van der Waals surface area contributed by atoms with Gasteiger partial charge in [-0.1, -0.05) is 18.2 Å². The number of benzene rings is 3. The molecule has 0 atom stereocenters. The van der Waals surface area contributed by atoms with Crippen LogP contribution in [0.5, 0.6) is 5.75 Å². The first-order valence-corrected chi connectivity index (χ1v) is 9.19. The quantitative estimate of drug-likeness (QED) is 0.570. The van der Waals surface area contributed by atoms with Crippen LogP contribution in [-0.2, 0) is 0 Å². The molecule has 0 radical (unpaired) electrons.